The molecule has 2 bridgehead atoms. The van der Waals surface area contributed by atoms with E-state index in [1.165, 1.54) is 44.3 Å². The van der Waals surface area contributed by atoms with Crippen molar-refractivity contribution in [2.75, 3.05) is 26.2 Å². The molecule has 1 amide bonds. The average molecular weight is 358 g/mol. The maximum Gasteiger partial charge on any atom is 0.226 e. The molecule has 0 N–H and O–H groups in total. The van der Waals surface area contributed by atoms with E-state index in [0.29, 0.717) is 17.7 Å². The number of amides is 1. The third-order valence-corrected chi connectivity index (χ3v) is 7.29. The summed E-state index contributed by atoms with van der Waals surface area (Å²) in [4.78, 5) is 17.5. The van der Waals surface area contributed by atoms with Crippen molar-refractivity contribution in [2.45, 2.75) is 64.5 Å². The molecule has 3 heterocycles. The molecule has 4 aliphatic rings. The molecular weight excluding hydrogens is 326 g/mol. The van der Waals surface area contributed by atoms with Gasteiger partial charge < -0.3 is 9.47 Å². The number of aryl methyl sites for hydroxylation is 1. The Kier molecular flexibility index (Phi) is 4.47. The zero-order valence-electron chi connectivity index (χ0n) is 15.8. The summed E-state index contributed by atoms with van der Waals surface area (Å²) in [5.74, 6) is 4.62. The Morgan fingerprint density at radius 3 is 2.62 bits per heavy atom. The molecule has 6 heteroatoms. The summed E-state index contributed by atoms with van der Waals surface area (Å²) in [6.45, 7) is 5.65. The van der Waals surface area contributed by atoms with Crippen molar-refractivity contribution in [3.05, 3.63) is 11.6 Å². The predicted octanol–water partition coefficient (Wildman–Crippen LogP) is 2.08. The topological polar surface area (TPSA) is 54.3 Å². The van der Waals surface area contributed by atoms with Gasteiger partial charge >= 0.3 is 0 Å². The number of piperazine rings is 1. The molecule has 2 aliphatic heterocycles. The van der Waals surface area contributed by atoms with E-state index in [4.69, 9.17) is 0 Å². The highest BCUT2D eigenvalue weighted by Gasteiger charge is 2.44. The van der Waals surface area contributed by atoms with Crippen molar-refractivity contribution in [3.63, 3.8) is 0 Å². The first-order valence-electron chi connectivity index (χ1n) is 10.7. The van der Waals surface area contributed by atoms with Crippen LogP contribution in [0, 0.1) is 17.8 Å². The fourth-order valence-corrected chi connectivity index (χ4v) is 5.77. The predicted molar refractivity (Wildman–Crippen MR) is 98.4 cm³/mol. The van der Waals surface area contributed by atoms with Gasteiger partial charge in [0, 0.05) is 45.1 Å². The summed E-state index contributed by atoms with van der Waals surface area (Å²) in [5, 5.41) is 8.89. The second-order valence-electron chi connectivity index (χ2n) is 8.88. The summed E-state index contributed by atoms with van der Waals surface area (Å²) >= 11 is 0. The summed E-state index contributed by atoms with van der Waals surface area (Å²) in [5.41, 5.74) is 0. The van der Waals surface area contributed by atoms with Crippen LogP contribution in [0.5, 0.6) is 0 Å². The molecule has 3 fully saturated rings. The van der Waals surface area contributed by atoms with E-state index in [-0.39, 0.29) is 0 Å². The second kappa shape index (κ2) is 6.95. The van der Waals surface area contributed by atoms with Crippen LogP contribution in [0.25, 0.3) is 0 Å². The quantitative estimate of drug-likeness (QED) is 0.831. The van der Waals surface area contributed by atoms with Gasteiger partial charge in [0.2, 0.25) is 5.91 Å². The maximum atomic E-state index is 12.9. The number of nitrogens with zero attached hydrogens (tertiary/aromatic N) is 5. The van der Waals surface area contributed by atoms with Gasteiger partial charge in [-0.15, -0.1) is 10.2 Å². The minimum absolute atomic E-state index is 0.340. The van der Waals surface area contributed by atoms with Gasteiger partial charge in [-0.3, -0.25) is 9.69 Å². The molecule has 3 atom stereocenters. The number of rotatable bonds is 3. The van der Waals surface area contributed by atoms with E-state index in [2.05, 4.69) is 24.6 Å². The molecule has 0 aromatic carbocycles. The van der Waals surface area contributed by atoms with E-state index in [1.54, 1.807) is 0 Å². The molecule has 1 saturated heterocycles. The average Bonchev–Trinajstić information content (AvgIpc) is 3.35. The van der Waals surface area contributed by atoms with E-state index in [0.717, 1.165) is 63.9 Å². The maximum absolute atomic E-state index is 12.9. The summed E-state index contributed by atoms with van der Waals surface area (Å²) in [6.07, 6.45) is 9.98. The molecule has 26 heavy (non-hydrogen) atoms. The first kappa shape index (κ1) is 16.7. The Hall–Kier alpha value is -1.43. The van der Waals surface area contributed by atoms with Crippen LogP contribution < -0.4 is 0 Å². The molecule has 5 rings (SSSR count). The second-order valence-corrected chi connectivity index (χ2v) is 8.88. The van der Waals surface area contributed by atoms with Crippen LogP contribution >= 0.6 is 0 Å². The summed E-state index contributed by atoms with van der Waals surface area (Å²) in [6, 6.07) is 0. The van der Waals surface area contributed by atoms with E-state index in [1.807, 2.05) is 0 Å². The number of aromatic nitrogens is 3. The lowest BCUT2D eigenvalue weighted by molar-refractivity contribution is -0.139. The van der Waals surface area contributed by atoms with E-state index >= 15 is 0 Å². The van der Waals surface area contributed by atoms with Crippen LogP contribution in [0.15, 0.2) is 0 Å². The Labute approximate surface area is 155 Å². The minimum atomic E-state index is 0.340. The lowest BCUT2D eigenvalue weighted by Gasteiger charge is -2.37. The standard InChI is InChI=1S/C20H31N5O/c26-20(17-13-15-5-6-16(17)12-15)24-10-8-23(9-11-24)14-19-22-21-18-4-2-1-3-7-25(18)19/h15-17H,1-14H2/t15-,16-,17+/m0/s1. The molecule has 0 unspecified atom stereocenters. The van der Waals surface area contributed by atoms with Crippen molar-refractivity contribution >= 4 is 5.91 Å². The first-order chi connectivity index (χ1) is 12.8. The Bertz CT molecular complexity index is 663. The van der Waals surface area contributed by atoms with Crippen molar-refractivity contribution in [3.8, 4) is 0 Å². The van der Waals surface area contributed by atoms with Crippen molar-refractivity contribution < 1.29 is 4.79 Å². The van der Waals surface area contributed by atoms with E-state index in [9.17, 15) is 4.79 Å². The number of carbonyl (C=O) groups is 1. The SMILES string of the molecule is O=C([C@@H]1C[C@H]2CC[C@H]1C2)N1CCN(Cc2nnc3n2CCCCC3)CC1. The van der Waals surface area contributed by atoms with E-state index < -0.39 is 0 Å². The fourth-order valence-electron chi connectivity index (χ4n) is 5.77. The highest BCUT2D eigenvalue weighted by molar-refractivity contribution is 5.79. The molecule has 0 radical (unpaired) electrons. The van der Waals surface area contributed by atoms with Crippen molar-refractivity contribution in [2.24, 2.45) is 17.8 Å². The number of hydrogen-bond donors (Lipinski definition) is 0. The molecule has 0 spiro atoms. The highest BCUT2D eigenvalue weighted by atomic mass is 16.2. The van der Waals surface area contributed by atoms with Gasteiger partial charge in [-0.1, -0.05) is 12.8 Å². The highest BCUT2D eigenvalue weighted by Crippen LogP contribution is 2.48. The molecule has 142 valence electrons. The molecule has 1 aromatic rings. The van der Waals surface area contributed by atoms with Gasteiger partial charge in [0.25, 0.3) is 0 Å². The van der Waals surface area contributed by atoms with Crippen LogP contribution in [0.4, 0.5) is 0 Å². The Morgan fingerprint density at radius 1 is 0.962 bits per heavy atom. The third-order valence-electron chi connectivity index (χ3n) is 7.29. The van der Waals surface area contributed by atoms with Crippen LogP contribution in [0.3, 0.4) is 0 Å². The van der Waals surface area contributed by atoms with Gasteiger partial charge in [0.15, 0.2) is 0 Å². The van der Waals surface area contributed by atoms with Crippen LogP contribution in [-0.4, -0.2) is 56.7 Å². The lowest BCUT2D eigenvalue weighted by Crippen LogP contribution is -2.50. The van der Waals surface area contributed by atoms with Gasteiger partial charge in [-0.25, -0.2) is 0 Å². The first-order valence-corrected chi connectivity index (χ1v) is 10.7. The largest absolute Gasteiger partial charge is 0.340 e. The normalized spacial score (nSPS) is 31.8. The Morgan fingerprint density at radius 2 is 1.85 bits per heavy atom. The number of carbonyl (C=O) groups excluding carboxylic acids is 1. The molecule has 2 saturated carbocycles. The zero-order valence-corrected chi connectivity index (χ0v) is 15.8. The van der Waals surface area contributed by atoms with Crippen LogP contribution in [0.2, 0.25) is 0 Å². The number of fused-ring (bicyclic) bond motifs is 3. The van der Waals surface area contributed by atoms with Gasteiger partial charge in [0.05, 0.1) is 6.54 Å². The van der Waals surface area contributed by atoms with Gasteiger partial charge in [-0.2, -0.15) is 0 Å². The third kappa shape index (κ3) is 3.06. The zero-order chi connectivity index (χ0) is 17.5. The van der Waals surface area contributed by atoms with Crippen molar-refractivity contribution in [1.82, 2.24) is 24.6 Å². The fraction of sp³-hybridized carbons (Fsp3) is 0.850. The number of hydrogen-bond acceptors (Lipinski definition) is 4. The monoisotopic (exact) mass is 357 g/mol. The van der Waals surface area contributed by atoms with Crippen LogP contribution in [0.1, 0.15) is 56.6 Å². The molecule has 6 nitrogen and oxygen atoms in total. The molecule has 1 aromatic heterocycles. The molecule has 2 aliphatic carbocycles. The van der Waals surface area contributed by atoms with Gasteiger partial charge in [0.1, 0.15) is 11.6 Å². The summed E-state index contributed by atoms with van der Waals surface area (Å²) < 4.78 is 2.35. The smallest absolute Gasteiger partial charge is 0.226 e. The van der Waals surface area contributed by atoms with Crippen LogP contribution in [-0.2, 0) is 24.3 Å². The summed E-state index contributed by atoms with van der Waals surface area (Å²) in [7, 11) is 0. The minimum Gasteiger partial charge on any atom is -0.340 e. The Balaban J connectivity index is 1.16. The van der Waals surface area contributed by atoms with Gasteiger partial charge in [-0.05, 0) is 43.9 Å². The van der Waals surface area contributed by atoms with Crippen molar-refractivity contribution in [1.29, 1.82) is 0 Å². The lowest BCUT2D eigenvalue weighted by atomic mass is 9.87. The molecular formula is C20H31N5O.